The molecule has 2 aromatic heterocycles. The minimum atomic E-state index is 0.627. The van der Waals surface area contributed by atoms with Crippen molar-refractivity contribution in [2.75, 3.05) is 6.61 Å². The Bertz CT molecular complexity index is 1340. The third-order valence-electron chi connectivity index (χ3n) is 5.44. The number of hydrogen-bond donors (Lipinski definition) is 0. The number of pyridine rings is 1. The number of hydrogen-bond acceptors (Lipinski definition) is 3. The molecule has 0 aliphatic heterocycles. The Kier molecular flexibility index (Phi) is 4.68. The van der Waals surface area contributed by atoms with Crippen LogP contribution in [0.2, 0.25) is 0 Å². The molecule has 0 radical (unpaired) electrons. The van der Waals surface area contributed by atoms with Gasteiger partial charge in [-0.2, -0.15) is 5.10 Å². The number of rotatable bonds is 5. The molecule has 4 nitrogen and oxygen atoms in total. The zero-order valence-corrected chi connectivity index (χ0v) is 17.2. The predicted molar refractivity (Wildman–Crippen MR) is 122 cm³/mol. The van der Waals surface area contributed by atoms with Gasteiger partial charge in [0, 0.05) is 22.5 Å². The van der Waals surface area contributed by atoms with Crippen LogP contribution in [0, 0.1) is 0 Å². The molecule has 0 N–H and O–H groups in total. The number of aryl methyl sites for hydroxylation is 1. The first-order valence-corrected chi connectivity index (χ1v) is 10.4. The minimum absolute atomic E-state index is 0.627. The summed E-state index contributed by atoms with van der Waals surface area (Å²) in [6, 6.07) is 24.8. The summed E-state index contributed by atoms with van der Waals surface area (Å²) in [4.78, 5) is 4.74. The van der Waals surface area contributed by atoms with Crippen LogP contribution >= 0.6 is 0 Å². The van der Waals surface area contributed by atoms with E-state index < -0.39 is 0 Å². The summed E-state index contributed by atoms with van der Waals surface area (Å²) >= 11 is 0. The van der Waals surface area contributed by atoms with E-state index in [1.165, 1.54) is 5.56 Å². The van der Waals surface area contributed by atoms with Crippen LogP contribution in [0.3, 0.4) is 0 Å². The third-order valence-corrected chi connectivity index (χ3v) is 5.44. The molecule has 0 atom stereocenters. The maximum atomic E-state index is 5.79. The molecule has 2 heterocycles. The molecule has 0 fully saturated rings. The molecule has 4 heteroatoms. The molecule has 30 heavy (non-hydrogen) atoms. The maximum Gasteiger partial charge on any atom is 0.120 e. The van der Waals surface area contributed by atoms with Gasteiger partial charge in [-0.3, -0.25) is 4.98 Å². The Labute approximate surface area is 175 Å². The molecular weight excluding hydrogens is 370 g/mol. The van der Waals surface area contributed by atoms with Crippen molar-refractivity contribution in [1.82, 2.24) is 14.8 Å². The highest BCUT2D eigenvalue weighted by Gasteiger charge is 2.18. The zero-order chi connectivity index (χ0) is 20.5. The fourth-order valence-electron chi connectivity index (χ4n) is 4.02. The maximum absolute atomic E-state index is 5.79. The van der Waals surface area contributed by atoms with Crippen LogP contribution < -0.4 is 4.74 Å². The van der Waals surface area contributed by atoms with Crippen molar-refractivity contribution in [1.29, 1.82) is 0 Å². The molecule has 0 unspecified atom stereocenters. The van der Waals surface area contributed by atoms with Crippen LogP contribution in [0.25, 0.3) is 38.8 Å². The van der Waals surface area contributed by atoms with Crippen LogP contribution in [-0.4, -0.2) is 21.4 Å². The van der Waals surface area contributed by atoms with Crippen LogP contribution in [0.4, 0.5) is 0 Å². The van der Waals surface area contributed by atoms with Crippen molar-refractivity contribution in [3.63, 3.8) is 0 Å². The van der Waals surface area contributed by atoms with Gasteiger partial charge in [0.05, 0.1) is 23.3 Å². The topological polar surface area (TPSA) is 39.9 Å². The average molecular weight is 393 g/mol. The van der Waals surface area contributed by atoms with Gasteiger partial charge in [0.1, 0.15) is 11.4 Å². The van der Waals surface area contributed by atoms with Gasteiger partial charge in [0.2, 0.25) is 0 Å². The zero-order valence-electron chi connectivity index (χ0n) is 17.2. The first-order chi connectivity index (χ1) is 14.8. The van der Waals surface area contributed by atoms with E-state index in [2.05, 4.69) is 54.1 Å². The smallest absolute Gasteiger partial charge is 0.120 e. The summed E-state index contributed by atoms with van der Waals surface area (Å²) in [6.45, 7) is 4.80. The van der Waals surface area contributed by atoms with E-state index in [9.17, 15) is 0 Å². The van der Waals surface area contributed by atoms with E-state index in [0.29, 0.717) is 6.61 Å². The van der Waals surface area contributed by atoms with Gasteiger partial charge >= 0.3 is 0 Å². The molecule has 0 aliphatic carbocycles. The van der Waals surface area contributed by atoms with Gasteiger partial charge in [-0.15, -0.1) is 0 Å². The van der Waals surface area contributed by atoms with E-state index >= 15 is 0 Å². The fraction of sp³-hybridized carbons (Fsp3) is 0.154. The molecule has 5 aromatic rings. The first-order valence-electron chi connectivity index (χ1n) is 10.4. The predicted octanol–water partition coefficient (Wildman–Crippen LogP) is 6.20. The van der Waals surface area contributed by atoms with Crippen LogP contribution in [0.1, 0.15) is 19.4 Å². The Morgan fingerprint density at radius 2 is 1.67 bits per heavy atom. The summed E-state index contributed by atoms with van der Waals surface area (Å²) in [5.74, 6) is 0.845. The SMILES string of the molecule is CCOc1ccc2ncc3c(-c4ccccc4)nn(-c4ccccc4CC)c3c2c1. The molecule has 3 aromatic carbocycles. The summed E-state index contributed by atoms with van der Waals surface area (Å²) < 4.78 is 7.87. The number of benzene rings is 3. The molecule has 148 valence electrons. The lowest BCUT2D eigenvalue weighted by atomic mass is 10.1. The van der Waals surface area contributed by atoms with Crippen molar-refractivity contribution in [2.45, 2.75) is 20.3 Å². The molecule has 0 aliphatic rings. The Hall–Kier alpha value is -3.66. The lowest BCUT2D eigenvalue weighted by Crippen LogP contribution is -2.01. The second-order valence-corrected chi connectivity index (χ2v) is 7.24. The van der Waals surface area contributed by atoms with Gasteiger partial charge in [0.15, 0.2) is 0 Å². The minimum Gasteiger partial charge on any atom is -0.494 e. The van der Waals surface area contributed by atoms with Gasteiger partial charge in [-0.1, -0.05) is 55.5 Å². The van der Waals surface area contributed by atoms with Crippen molar-refractivity contribution in [2.24, 2.45) is 0 Å². The van der Waals surface area contributed by atoms with Gasteiger partial charge in [0.25, 0.3) is 0 Å². The van der Waals surface area contributed by atoms with Crippen molar-refractivity contribution < 1.29 is 4.74 Å². The van der Waals surface area contributed by atoms with Crippen LogP contribution in [-0.2, 0) is 6.42 Å². The first kappa shape index (κ1) is 18.4. The normalized spacial score (nSPS) is 11.3. The number of ether oxygens (including phenoxy) is 1. The standard InChI is InChI=1S/C26H23N3O/c1-3-18-10-8-9-13-24(18)29-26-21-16-20(30-4-2)14-15-23(21)27-17-22(26)25(28-29)19-11-6-5-7-12-19/h5-17H,3-4H2,1-2H3. The molecular formula is C26H23N3O. The molecule has 0 saturated carbocycles. The second-order valence-electron chi connectivity index (χ2n) is 7.24. The lowest BCUT2D eigenvalue weighted by molar-refractivity contribution is 0.341. The monoisotopic (exact) mass is 393 g/mol. The van der Waals surface area contributed by atoms with E-state index in [-0.39, 0.29) is 0 Å². The highest BCUT2D eigenvalue weighted by Crippen LogP contribution is 2.35. The van der Waals surface area contributed by atoms with Crippen molar-refractivity contribution in [3.05, 3.63) is 84.6 Å². The van der Waals surface area contributed by atoms with E-state index in [0.717, 1.165) is 50.9 Å². The average Bonchev–Trinajstić information content (AvgIpc) is 3.20. The highest BCUT2D eigenvalue weighted by atomic mass is 16.5. The van der Waals surface area contributed by atoms with E-state index in [4.69, 9.17) is 14.8 Å². The molecule has 0 bridgehead atoms. The van der Waals surface area contributed by atoms with Crippen LogP contribution in [0.15, 0.2) is 79.0 Å². The van der Waals surface area contributed by atoms with E-state index in [1.54, 1.807) is 0 Å². The summed E-state index contributed by atoms with van der Waals surface area (Å²) in [5.41, 5.74) is 6.36. The Morgan fingerprint density at radius 3 is 2.47 bits per heavy atom. The van der Waals surface area contributed by atoms with Gasteiger partial charge in [-0.05, 0) is 43.2 Å². The molecule has 5 rings (SSSR count). The number of nitrogens with zero attached hydrogens (tertiary/aromatic N) is 3. The Morgan fingerprint density at radius 1 is 0.867 bits per heavy atom. The van der Waals surface area contributed by atoms with Crippen molar-refractivity contribution >= 4 is 21.8 Å². The molecule has 0 saturated heterocycles. The second kappa shape index (κ2) is 7.64. The largest absolute Gasteiger partial charge is 0.494 e. The molecule has 0 amide bonds. The number of aromatic nitrogens is 3. The van der Waals surface area contributed by atoms with Gasteiger partial charge in [-0.25, -0.2) is 4.68 Å². The van der Waals surface area contributed by atoms with Crippen molar-refractivity contribution in [3.8, 4) is 22.7 Å². The summed E-state index contributed by atoms with van der Waals surface area (Å²) in [5, 5.41) is 7.18. The fourth-order valence-corrected chi connectivity index (χ4v) is 4.02. The van der Waals surface area contributed by atoms with Gasteiger partial charge < -0.3 is 4.74 Å². The quantitative estimate of drug-likeness (QED) is 0.357. The number of para-hydroxylation sites is 1. The van der Waals surface area contributed by atoms with E-state index in [1.807, 2.05) is 43.5 Å². The third kappa shape index (κ3) is 3.01. The van der Waals surface area contributed by atoms with Crippen LogP contribution in [0.5, 0.6) is 5.75 Å². The lowest BCUT2D eigenvalue weighted by Gasteiger charge is -2.11. The molecule has 0 spiro atoms. The highest BCUT2D eigenvalue weighted by molar-refractivity contribution is 6.09. The number of fused-ring (bicyclic) bond motifs is 3. The Balaban J connectivity index is 1.90. The summed E-state index contributed by atoms with van der Waals surface area (Å²) in [7, 11) is 0. The summed E-state index contributed by atoms with van der Waals surface area (Å²) in [6.07, 6.45) is 2.88.